The zero-order valence-corrected chi connectivity index (χ0v) is 9.85. The lowest BCUT2D eigenvalue weighted by molar-refractivity contribution is 0.643. The second-order valence-corrected chi connectivity index (χ2v) is 4.58. The van der Waals surface area contributed by atoms with Crippen LogP contribution in [0.25, 0.3) is 21.9 Å². The number of imidazole rings is 1. The molecule has 2 aromatic heterocycles. The van der Waals surface area contributed by atoms with E-state index in [0.717, 1.165) is 47.4 Å². The number of nitrogen functional groups attached to an aromatic ring is 1. The molecule has 18 heavy (non-hydrogen) atoms. The van der Waals surface area contributed by atoms with E-state index in [1.165, 1.54) is 0 Å². The largest absolute Gasteiger partial charge is 0.382 e. The Hall–Kier alpha value is -2.30. The predicted molar refractivity (Wildman–Crippen MR) is 72.6 cm³/mol. The minimum Gasteiger partial charge on any atom is -0.382 e. The van der Waals surface area contributed by atoms with Gasteiger partial charge in [-0.15, -0.1) is 0 Å². The monoisotopic (exact) mass is 239 g/mol. The van der Waals surface area contributed by atoms with Gasteiger partial charge in [0.1, 0.15) is 5.52 Å². The maximum Gasteiger partial charge on any atom is 0.204 e. The third kappa shape index (κ3) is 1.16. The van der Waals surface area contributed by atoms with Crippen LogP contribution in [0, 0.1) is 0 Å². The van der Waals surface area contributed by atoms with Crippen LogP contribution >= 0.6 is 0 Å². The van der Waals surface area contributed by atoms with Crippen molar-refractivity contribution in [2.75, 3.05) is 17.6 Å². The Labute approximate surface area is 104 Å². The molecule has 1 aliphatic heterocycles. The van der Waals surface area contributed by atoms with Crippen molar-refractivity contribution >= 4 is 33.7 Å². The topological polar surface area (TPSA) is 68.8 Å². The fourth-order valence-corrected chi connectivity index (χ4v) is 2.65. The number of nitrogens with zero attached hydrogens (tertiary/aromatic N) is 3. The van der Waals surface area contributed by atoms with Crippen LogP contribution in [0.3, 0.4) is 0 Å². The number of aromatic nitrogens is 3. The van der Waals surface area contributed by atoms with Gasteiger partial charge in [-0.3, -0.25) is 0 Å². The summed E-state index contributed by atoms with van der Waals surface area (Å²) in [6.07, 6.45) is 1.11. The molecule has 0 saturated heterocycles. The molecule has 4 rings (SSSR count). The third-order valence-electron chi connectivity index (χ3n) is 3.45. The summed E-state index contributed by atoms with van der Waals surface area (Å²) < 4.78 is 2.21. The molecular weight excluding hydrogens is 226 g/mol. The summed E-state index contributed by atoms with van der Waals surface area (Å²) in [5.74, 6) is 1.41. The van der Waals surface area contributed by atoms with Gasteiger partial charge in [0, 0.05) is 18.5 Å². The summed E-state index contributed by atoms with van der Waals surface area (Å²) in [5, 5.41) is 4.43. The molecular formula is C13H13N5. The number of nitrogens with one attached hydrogen (secondary N) is 1. The van der Waals surface area contributed by atoms with Gasteiger partial charge in [0.25, 0.3) is 0 Å². The van der Waals surface area contributed by atoms with E-state index in [4.69, 9.17) is 5.73 Å². The van der Waals surface area contributed by atoms with E-state index in [-0.39, 0.29) is 0 Å². The average molecular weight is 239 g/mol. The van der Waals surface area contributed by atoms with E-state index in [1.54, 1.807) is 0 Å². The van der Waals surface area contributed by atoms with E-state index in [0.29, 0.717) is 5.82 Å². The van der Waals surface area contributed by atoms with Crippen LogP contribution in [-0.4, -0.2) is 21.1 Å². The van der Waals surface area contributed by atoms with E-state index in [1.807, 2.05) is 18.2 Å². The van der Waals surface area contributed by atoms with E-state index in [2.05, 4.69) is 25.9 Å². The molecule has 0 spiro atoms. The van der Waals surface area contributed by atoms with E-state index < -0.39 is 0 Å². The summed E-state index contributed by atoms with van der Waals surface area (Å²) in [4.78, 5) is 8.99. The highest BCUT2D eigenvalue weighted by Gasteiger charge is 2.18. The van der Waals surface area contributed by atoms with Crippen molar-refractivity contribution < 1.29 is 0 Å². The van der Waals surface area contributed by atoms with Gasteiger partial charge in [-0.2, -0.15) is 0 Å². The summed E-state index contributed by atoms with van der Waals surface area (Å²) in [7, 11) is 0. The van der Waals surface area contributed by atoms with Crippen molar-refractivity contribution in [3.05, 3.63) is 24.3 Å². The third-order valence-corrected chi connectivity index (χ3v) is 3.45. The lowest BCUT2D eigenvalue weighted by atomic mass is 10.2. The summed E-state index contributed by atoms with van der Waals surface area (Å²) >= 11 is 0. The van der Waals surface area contributed by atoms with Crippen molar-refractivity contribution in [1.29, 1.82) is 0 Å². The Kier molecular flexibility index (Phi) is 1.81. The van der Waals surface area contributed by atoms with Crippen molar-refractivity contribution in [1.82, 2.24) is 14.5 Å². The molecule has 0 bridgehead atoms. The first-order valence-corrected chi connectivity index (χ1v) is 6.13. The van der Waals surface area contributed by atoms with Gasteiger partial charge in [0.2, 0.25) is 5.95 Å². The molecule has 0 amide bonds. The van der Waals surface area contributed by atoms with Crippen LogP contribution in [0.5, 0.6) is 0 Å². The molecule has 5 nitrogen and oxygen atoms in total. The SMILES string of the molecule is Nc1nc2ccccc2c2c1nc1n2CCCN1. The van der Waals surface area contributed by atoms with Gasteiger partial charge in [-0.1, -0.05) is 18.2 Å². The van der Waals surface area contributed by atoms with Gasteiger partial charge in [-0.05, 0) is 12.5 Å². The second kappa shape index (κ2) is 3.35. The first-order chi connectivity index (χ1) is 8.84. The number of benzene rings is 1. The molecule has 5 heteroatoms. The normalized spacial score (nSPS) is 14.7. The number of pyridine rings is 1. The molecule has 90 valence electrons. The minimum atomic E-state index is 0.507. The zero-order valence-electron chi connectivity index (χ0n) is 9.85. The molecule has 0 aliphatic carbocycles. The molecule has 0 radical (unpaired) electrons. The highest BCUT2D eigenvalue weighted by molar-refractivity contribution is 6.07. The van der Waals surface area contributed by atoms with Gasteiger partial charge in [0.05, 0.1) is 11.0 Å². The maximum absolute atomic E-state index is 6.02. The van der Waals surface area contributed by atoms with Gasteiger partial charge in [-0.25, -0.2) is 9.97 Å². The Bertz CT molecular complexity index is 759. The molecule has 0 atom stereocenters. The van der Waals surface area contributed by atoms with Crippen molar-refractivity contribution in [2.45, 2.75) is 13.0 Å². The molecule has 3 aromatic rings. The molecule has 1 aromatic carbocycles. The molecule has 1 aliphatic rings. The highest BCUT2D eigenvalue weighted by atomic mass is 15.2. The minimum absolute atomic E-state index is 0.507. The van der Waals surface area contributed by atoms with Crippen LogP contribution < -0.4 is 11.1 Å². The van der Waals surface area contributed by atoms with Gasteiger partial charge >= 0.3 is 0 Å². The van der Waals surface area contributed by atoms with Crippen LogP contribution in [0.1, 0.15) is 6.42 Å². The van der Waals surface area contributed by atoms with Crippen molar-refractivity contribution in [2.24, 2.45) is 0 Å². The molecule has 0 fully saturated rings. The Morgan fingerprint density at radius 1 is 1.22 bits per heavy atom. The summed E-state index contributed by atoms with van der Waals surface area (Å²) in [6, 6.07) is 8.07. The van der Waals surface area contributed by atoms with Gasteiger partial charge < -0.3 is 15.6 Å². The fraction of sp³-hybridized carbons (Fsp3) is 0.231. The lowest BCUT2D eigenvalue weighted by Gasteiger charge is -2.16. The Balaban J connectivity index is 2.24. The average Bonchev–Trinajstić information content (AvgIpc) is 2.79. The van der Waals surface area contributed by atoms with Gasteiger partial charge in [0.15, 0.2) is 5.82 Å². The molecule has 3 heterocycles. The highest BCUT2D eigenvalue weighted by Crippen LogP contribution is 2.31. The standard InChI is InChI=1S/C13H13N5/c14-12-10-11(8-4-1-2-5-9(8)16-12)18-7-3-6-15-13(18)17-10/h1-2,4-5H,3,6-7H2,(H2,14,16)(H,15,17). The maximum atomic E-state index is 6.02. The molecule has 0 saturated carbocycles. The first-order valence-electron chi connectivity index (χ1n) is 6.13. The number of aryl methyl sites for hydroxylation is 1. The summed E-state index contributed by atoms with van der Waals surface area (Å²) in [5.41, 5.74) is 8.85. The summed E-state index contributed by atoms with van der Waals surface area (Å²) in [6.45, 7) is 1.95. The number of fused-ring (bicyclic) bond motifs is 5. The lowest BCUT2D eigenvalue weighted by Crippen LogP contribution is -2.17. The van der Waals surface area contributed by atoms with Crippen LogP contribution in [-0.2, 0) is 6.54 Å². The van der Waals surface area contributed by atoms with E-state index in [9.17, 15) is 0 Å². The Morgan fingerprint density at radius 2 is 2.11 bits per heavy atom. The number of anilines is 2. The van der Waals surface area contributed by atoms with Crippen molar-refractivity contribution in [3.63, 3.8) is 0 Å². The Morgan fingerprint density at radius 3 is 3.06 bits per heavy atom. The second-order valence-electron chi connectivity index (χ2n) is 4.58. The number of nitrogens with two attached hydrogens (primary N) is 1. The van der Waals surface area contributed by atoms with Crippen LogP contribution in [0.4, 0.5) is 11.8 Å². The number of hydrogen-bond acceptors (Lipinski definition) is 4. The predicted octanol–water partition coefficient (Wildman–Crippen LogP) is 1.98. The quantitative estimate of drug-likeness (QED) is 0.629. The molecule has 0 unspecified atom stereocenters. The number of rotatable bonds is 0. The van der Waals surface area contributed by atoms with Crippen LogP contribution in [0.15, 0.2) is 24.3 Å². The van der Waals surface area contributed by atoms with Crippen molar-refractivity contribution in [3.8, 4) is 0 Å². The first kappa shape index (κ1) is 9.70. The van der Waals surface area contributed by atoms with E-state index >= 15 is 0 Å². The fourth-order valence-electron chi connectivity index (χ4n) is 2.65. The van der Waals surface area contributed by atoms with Crippen LogP contribution in [0.2, 0.25) is 0 Å². The zero-order chi connectivity index (χ0) is 12.1. The smallest absolute Gasteiger partial charge is 0.204 e. The number of hydrogen-bond donors (Lipinski definition) is 2. The number of para-hydroxylation sites is 1. The molecule has 3 N–H and O–H groups in total.